The van der Waals surface area contributed by atoms with Gasteiger partial charge in [-0.1, -0.05) is 430 Å². The SMILES string of the molecule is CCCCCCCCCCCCCCCCCCCCCCCCC/C=C/CC/C=C/C(O)C(CO)NC(=O)CCCCCCCCCCCCCCCCCCCCCCCCCCCCCCCCCCCCCCCCCC. The second kappa shape index (κ2) is 73.1. The van der Waals surface area contributed by atoms with Crippen molar-refractivity contribution in [2.24, 2.45) is 0 Å². The van der Waals surface area contributed by atoms with Gasteiger partial charge in [0.1, 0.15) is 0 Å². The molecule has 0 aliphatic heterocycles. The molecule has 0 radical (unpaired) electrons. The van der Waals surface area contributed by atoms with E-state index in [0.29, 0.717) is 6.42 Å². The van der Waals surface area contributed by atoms with Crippen molar-refractivity contribution >= 4 is 5.91 Å². The van der Waals surface area contributed by atoms with E-state index in [2.05, 4.69) is 31.3 Å². The lowest BCUT2D eigenvalue weighted by Gasteiger charge is -2.19. The third-order valence-corrected chi connectivity index (χ3v) is 18.2. The van der Waals surface area contributed by atoms with Crippen molar-refractivity contribution in [1.82, 2.24) is 5.32 Å². The summed E-state index contributed by atoms with van der Waals surface area (Å²) in [5, 5.41) is 23.3. The first kappa shape index (κ1) is 79.9. The molecule has 0 aliphatic rings. The third-order valence-electron chi connectivity index (χ3n) is 18.2. The topological polar surface area (TPSA) is 69.6 Å². The molecule has 0 fully saturated rings. The maximum atomic E-state index is 12.6. The Kier molecular flexibility index (Phi) is 72.1. The highest BCUT2D eigenvalue weighted by Crippen LogP contribution is 2.20. The first-order valence-corrected chi connectivity index (χ1v) is 38.1. The summed E-state index contributed by atoms with van der Waals surface area (Å²) in [5.41, 5.74) is 0. The molecule has 0 aromatic heterocycles. The number of carbonyl (C=O) groups is 1. The number of amides is 1. The Bertz CT molecular complexity index is 1200. The van der Waals surface area contributed by atoms with Crippen molar-refractivity contribution < 1.29 is 15.0 Å². The molecule has 0 spiro atoms. The molecule has 0 aromatic rings. The third kappa shape index (κ3) is 69.5. The highest BCUT2D eigenvalue weighted by atomic mass is 16.3. The van der Waals surface area contributed by atoms with Crippen molar-refractivity contribution in [1.29, 1.82) is 0 Å². The van der Waals surface area contributed by atoms with Gasteiger partial charge in [0.25, 0.3) is 0 Å². The van der Waals surface area contributed by atoms with Crippen molar-refractivity contribution in [2.75, 3.05) is 6.61 Å². The summed E-state index contributed by atoms with van der Waals surface area (Å²) in [7, 11) is 0. The van der Waals surface area contributed by atoms with Gasteiger partial charge in [0.05, 0.1) is 18.8 Å². The van der Waals surface area contributed by atoms with Crippen molar-refractivity contribution in [2.45, 2.75) is 456 Å². The molecule has 0 saturated carbocycles. The number of hydrogen-bond acceptors (Lipinski definition) is 3. The maximum Gasteiger partial charge on any atom is 0.220 e. The van der Waals surface area contributed by atoms with Gasteiger partial charge in [0.2, 0.25) is 5.91 Å². The Morgan fingerprint density at radius 3 is 0.716 bits per heavy atom. The zero-order chi connectivity index (χ0) is 58.4. The molecule has 1 amide bonds. The number of aliphatic hydroxyl groups is 2. The van der Waals surface area contributed by atoms with Crippen molar-refractivity contribution in [3.63, 3.8) is 0 Å². The normalized spacial score (nSPS) is 12.7. The van der Waals surface area contributed by atoms with Gasteiger partial charge >= 0.3 is 0 Å². The summed E-state index contributed by atoms with van der Waals surface area (Å²) in [4.78, 5) is 12.6. The lowest BCUT2D eigenvalue weighted by atomic mass is 10.0. The average molecular weight is 1140 g/mol. The number of hydrogen-bond donors (Lipinski definition) is 3. The van der Waals surface area contributed by atoms with Gasteiger partial charge in [0, 0.05) is 6.42 Å². The second-order valence-electron chi connectivity index (χ2n) is 26.4. The fourth-order valence-electron chi connectivity index (χ4n) is 12.4. The Labute approximate surface area is 510 Å². The fraction of sp³-hybridized carbons (Fsp3) is 0.935. The molecule has 0 bridgehead atoms. The minimum Gasteiger partial charge on any atom is -0.394 e. The molecular weight excluding hydrogens is 987 g/mol. The minimum atomic E-state index is -0.862. The molecule has 0 heterocycles. The van der Waals surface area contributed by atoms with E-state index in [-0.39, 0.29) is 12.5 Å². The fourth-order valence-corrected chi connectivity index (χ4v) is 12.4. The van der Waals surface area contributed by atoms with Gasteiger partial charge in [-0.25, -0.2) is 0 Å². The maximum absolute atomic E-state index is 12.6. The van der Waals surface area contributed by atoms with Crippen LogP contribution >= 0.6 is 0 Å². The number of rotatable bonds is 72. The minimum absolute atomic E-state index is 0.0633. The van der Waals surface area contributed by atoms with E-state index >= 15 is 0 Å². The number of unbranched alkanes of at least 4 members (excludes halogenated alkanes) is 63. The number of aliphatic hydroxyl groups excluding tert-OH is 2. The molecule has 4 heteroatoms. The molecule has 4 nitrogen and oxygen atoms in total. The summed E-state index contributed by atoms with van der Waals surface area (Å²) < 4.78 is 0. The Morgan fingerprint density at radius 1 is 0.284 bits per heavy atom. The van der Waals surface area contributed by atoms with Crippen molar-refractivity contribution in [3.8, 4) is 0 Å². The second-order valence-corrected chi connectivity index (χ2v) is 26.4. The zero-order valence-corrected chi connectivity index (χ0v) is 55.9. The average Bonchev–Trinajstić information content (AvgIpc) is 3.47. The predicted molar refractivity (Wildman–Crippen MR) is 364 cm³/mol. The summed E-state index contributed by atoms with van der Waals surface area (Å²) in [5.74, 6) is -0.0633. The van der Waals surface area contributed by atoms with Crippen LogP contribution in [0.3, 0.4) is 0 Å². The molecule has 0 rings (SSSR count). The molecule has 81 heavy (non-hydrogen) atoms. The van der Waals surface area contributed by atoms with E-state index in [1.165, 1.54) is 392 Å². The van der Waals surface area contributed by atoms with Crippen LogP contribution in [0, 0.1) is 0 Å². The van der Waals surface area contributed by atoms with Crippen LogP contribution in [-0.2, 0) is 4.79 Å². The van der Waals surface area contributed by atoms with E-state index in [1.54, 1.807) is 6.08 Å². The lowest BCUT2D eigenvalue weighted by Crippen LogP contribution is -2.45. The standard InChI is InChI=1S/C77H151NO3/c1-3-5-7-9-11-13-15-17-19-21-23-25-27-29-31-33-34-35-36-37-38-39-40-41-42-43-45-47-49-51-53-55-57-59-61-63-65-67-69-71-73-77(81)78-75(74-79)76(80)72-70-68-66-64-62-60-58-56-54-52-50-48-46-44-32-30-28-26-24-22-20-18-16-14-12-10-8-6-4-2/h62,64,70,72,75-76,79-80H,3-61,63,65-69,71,73-74H2,1-2H3,(H,78,81)/b64-62+,72-70+. The molecular formula is C77H151NO3. The molecule has 3 N–H and O–H groups in total. The molecule has 2 atom stereocenters. The molecule has 0 aromatic carbocycles. The van der Waals surface area contributed by atoms with Gasteiger partial charge in [-0.3, -0.25) is 4.79 Å². The molecule has 482 valence electrons. The number of nitrogens with one attached hydrogen (secondary N) is 1. The Balaban J connectivity index is 3.39. The monoisotopic (exact) mass is 1140 g/mol. The first-order chi connectivity index (χ1) is 40.2. The van der Waals surface area contributed by atoms with E-state index in [9.17, 15) is 15.0 Å². The van der Waals surface area contributed by atoms with Gasteiger partial charge < -0.3 is 15.5 Å². The largest absolute Gasteiger partial charge is 0.394 e. The van der Waals surface area contributed by atoms with E-state index in [4.69, 9.17) is 0 Å². The van der Waals surface area contributed by atoms with Gasteiger partial charge in [-0.05, 0) is 32.1 Å². The summed E-state index contributed by atoms with van der Waals surface area (Å²) >= 11 is 0. The van der Waals surface area contributed by atoms with Crippen molar-refractivity contribution in [3.05, 3.63) is 24.3 Å². The predicted octanol–water partition coefficient (Wildman–Crippen LogP) is 26.1. The van der Waals surface area contributed by atoms with E-state index in [0.717, 1.165) is 32.1 Å². The number of carbonyl (C=O) groups excluding carboxylic acids is 1. The zero-order valence-electron chi connectivity index (χ0n) is 55.9. The van der Waals surface area contributed by atoms with Crippen LogP contribution in [-0.4, -0.2) is 34.9 Å². The lowest BCUT2D eigenvalue weighted by molar-refractivity contribution is -0.123. The molecule has 2 unspecified atom stereocenters. The Hall–Kier alpha value is -1.13. The summed E-state index contributed by atoms with van der Waals surface area (Å²) in [6, 6.07) is -0.638. The van der Waals surface area contributed by atoms with Gasteiger partial charge in [-0.15, -0.1) is 0 Å². The highest BCUT2D eigenvalue weighted by Gasteiger charge is 2.18. The summed E-state index contributed by atoms with van der Waals surface area (Å²) in [6.07, 6.45) is 100. The van der Waals surface area contributed by atoms with Gasteiger partial charge in [-0.2, -0.15) is 0 Å². The number of allylic oxidation sites excluding steroid dienone is 3. The quantitative estimate of drug-likeness (QED) is 0.0420. The van der Waals surface area contributed by atoms with Crippen LogP contribution in [0.2, 0.25) is 0 Å². The molecule has 0 saturated heterocycles. The highest BCUT2D eigenvalue weighted by molar-refractivity contribution is 5.76. The van der Waals surface area contributed by atoms with Crippen LogP contribution < -0.4 is 5.32 Å². The van der Waals surface area contributed by atoms with E-state index < -0.39 is 12.1 Å². The first-order valence-electron chi connectivity index (χ1n) is 38.1. The van der Waals surface area contributed by atoms with Crippen LogP contribution in [0.25, 0.3) is 0 Å². The van der Waals surface area contributed by atoms with Crippen LogP contribution in [0.15, 0.2) is 24.3 Å². The smallest absolute Gasteiger partial charge is 0.220 e. The van der Waals surface area contributed by atoms with Crippen LogP contribution in [0.4, 0.5) is 0 Å². The van der Waals surface area contributed by atoms with Gasteiger partial charge in [0.15, 0.2) is 0 Å². The summed E-state index contributed by atoms with van der Waals surface area (Å²) in [6.45, 7) is 4.36. The molecule has 0 aliphatic carbocycles. The van der Waals surface area contributed by atoms with E-state index in [1.807, 2.05) is 6.08 Å². The van der Waals surface area contributed by atoms with Crippen LogP contribution in [0.5, 0.6) is 0 Å². The van der Waals surface area contributed by atoms with Crippen LogP contribution in [0.1, 0.15) is 444 Å². The Morgan fingerprint density at radius 2 is 0.481 bits per heavy atom.